The summed E-state index contributed by atoms with van der Waals surface area (Å²) in [7, 11) is 1.39. The number of hydrogen-bond donors (Lipinski definition) is 0. The minimum absolute atomic E-state index is 0.0736. The maximum atomic E-state index is 11.9. The molecule has 1 fully saturated rings. The lowest BCUT2D eigenvalue weighted by Gasteiger charge is -2.19. The highest BCUT2D eigenvalue weighted by molar-refractivity contribution is 4.78. The second-order valence-corrected chi connectivity index (χ2v) is 2.31. The number of hydrogen-bond acceptors (Lipinski definition) is 2. The number of rotatable bonds is 0. The summed E-state index contributed by atoms with van der Waals surface area (Å²) < 4.78 is 40.3. The third kappa shape index (κ3) is 1.41. The summed E-state index contributed by atoms with van der Waals surface area (Å²) in [6, 6.07) is -1.41. The summed E-state index contributed by atoms with van der Waals surface area (Å²) in [5.74, 6) is 0. The third-order valence-corrected chi connectivity index (χ3v) is 1.48. The van der Waals surface area contributed by atoms with Crippen LogP contribution in [0.1, 0.15) is 0 Å². The molecular formula is C5H8F3NO. The van der Waals surface area contributed by atoms with Gasteiger partial charge in [-0.15, -0.1) is 0 Å². The number of likely N-dealkylation sites (N-methyl/N-ethyl adjacent to an activating group) is 1. The van der Waals surface area contributed by atoms with Crippen LogP contribution in [0.25, 0.3) is 0 Å². The summed E-state index contributed by atoms with van der Waals surface area (Å²) in [6.45, 7) is -0.163. The van der Waals surface area contributed by atoms with Crippen molar-refractivity contribution in [2.75, 3.05) is 20.4 Å². The Bertz CT molecular complexity index is 125. The Morgan fingerprint density at radius 2 is 2.10 bits per heavy atom. The van der Waals surface area contributed by atoms with Crippen molar-refractivity contribution in [2.45, 2.75) is 12.2 Å². The molecule has 0 spiro atoms. The first-order valence-electron chi connectivity index (χ1n) is 2.86. The molecule has 0 radical (unpaired) electrons. The van der Waals surface area contributed by atoms with Crippen LogP contribution in [0.15, 0.2) is 0 Å². The van der Waals surface area contributed by atoms with Crippen molar-refractivity contribution in [3.05, 3.63) is 0 Å². The third-order valence-electron chi connectivity index (χ3n) is 1.48. The lowest BCUT2D eigenvalue weighted by Crippen LogP contribution is -2.40. The van der Waals surface area contributed by atoms with E-state index in [0.717, 1.165) is 4.90 Å². The summed E-state index contributed by atoms with van der Waals surface area (Å²) >= 11 is 0. The zero-order chi connectivity index (χ0) is 7.78. The van der Waals surface area contributed by atoms with Crippen molar-refractivity contribution >= 4 is 0 Å². The molecule has 10 heavy (non-hydrogen) atoms. The van der Waals surface area contributed by atoms with Crippen molar-refractivity contribution < 1.29 is 17.9 Å². The molecule has 0 saturated carbocycles. The molecule has 0 bridgehead atoms. The van der Waals surface area contributed by atoms with Crippen LogP contribution in [0.4, 0.5) is 13.2 Å². The minimum atomic E-state index is -4.15. The van der Waals surface area contributed by atoms with Crippen LogP contribution in [0.5, 0.6) is 0 Å². The Hall–Kier alpha value is -0.290. The second-order valence-electron chi connectivity index (χ2n) is 2.31. The van der Waals surface area contributed by atoms with E-state index in [1.807, 2.05) is 0 Å². The zero-order valence-electron chi connectivity index (χ0n) is 5.48. The average molecular weight is 155 g/mol. The van der Waals surface area contributed by atoms with Gasteiger partial charge in [0.15, 0.2) is 0 Å². The van der Waals surface area contributed by atoms with E-state index in [-0.39, 0.29) is 13.3 Å². The summed E-state index contributed by atoms with van der Waals surface area (Å²) in [5, 5.41) is 0. The molecule has 0 aromatic carbocycles. The molecule has 1 heterocycles. The Morgan fingerprint density at radius 3 is 2.30 bits per heavy atom. The van der Waals surface area contributed by atoms with E-state index in [2.05, 4.69) is 4.74 Å². The molecule has 0 N–H and O–H groups in total. The van der Waals surface area contributed by atoms with Crippen molar-refractivity contribution in [1.82, 2.24) is 4.90 Å². The van der Waals surface area contributed by atoms with E-state index in [1.54, 1.807) is 0 Å². The van der Waals surface area contributed by atoms with Crippen LogP contribution >= 0.6 is 0 Å². The van der Waals surface area contributed by atoms with Gasteiger partial charge >= 0.3 is 6.18 Å². The van der Waals surface area contributed by atoms with Crippen LogP contribution in [0, 0.1) is 0 Å². The lowest BCUT2D eigenvalue weighted by atomic mass is 10.3. The summed E-state index contributed by atoms with van der Waals surface area (Å²) in [4.78, 5) is 1.14. The highest BCUT2D eigenvalue weighted by Gasteiger charge is 2.45. The standard InChI is InChI=1S/C5H8F3NO/c1-9-3-10-2-4(9)5(6,7)8/h4H,2-3H2,1H3. The normalized spacial score (nSPS) is 29.4. The fourth-order valence-corrected chi connectivity index (χ4v) is 0.870. The predicted molar refractivity (Wildman–Crippen MR) is 28.4 cm³/mol. The molecule has 1 rings (SSSR count). The Labute approximate surface area is 56.6 Å². The average Bonchev–Trinajstić information content (AvgIpc) is 2.11. The number of alkyl halides is 3. The van der Waals surface area contributed by atoms with E-state index in [1.165, 1.54) is 7.05 Å². The molecule has 0 aromatic heterocycles. The van der Waals surface area contributed by atoms with Crippen LogP contribution in [0.3, 0.4) is 0 Å². The van der Waals surface area contributed by atoms with E-state index in [9.17, 15) is 13.2 Å². The van der Waals surface area contributed by atoms with Gasteiger partial charge in [0.05, 0.1) is 13.3 Å². The van der Waals surface area contributed by atoms with Gasteiger partial charge < -0.3 is 4.74 Å². The maximum absolute atomic E-state index is 11.9. The fraction of sp³-hybridized carbons (Fsp3) is 1.00. The smallest absolute Gasteiger partial charge is 0.364 e. The summed E-state index contributed by atoms with van der Waals surface area (Å²) in [6.07, 6.45) is -4.15. The van der Waals surface area contributed by atoms with Crippen molar-refractivity contribution in [3.8, 4) is 0 Å². The van der Waals surface area contributed by atoms with Gasteiger partial charge in [-0.2, -0.15) is 13.2 Å². The first-order valence-corrected chi connectivity index (χ1v) is 2.86. The van der Waals surface area contributed by atoms with E-state index < -0.39 is 12.2 Å². The second kappa shape index (κ2) is 2.39. The largest absolute Gasteiger partial charge is 0.406 e. The molecule has 60 valence electrons. The molecule has 1 saturated heterocycles. The SMILES string of the molecule is CN1COCC1C(F)(F)F. The van der Waals surface area contributed by atoms with Gasteiger partial charge in [0.1, 0.15) is 6.04 Å². The lowest BCUT2D eigenvalue weighted by molar-refractivity contribution is -0.170. The molecule has 0 amide bonds. The highest BCUT2D eigenvalue weighted by Crippen LogP contribution is 2.26. The minimum Gasteiger partial charge on any atom is -0.364 e. The van der Waals surface area contributed by atoms with Gasteiger partial charge in [0.25, 0.3) is 0 Å². The first kappa shape index (κ1) is 7.81. The van der Waals surface area contributed by atoms with E-state index >= 15 is 0 Å². The number of ether oxygens (including phenoxy) is 1. The van der Waals surface area contributed by atoms with Gasteiger partial charge in [-0.3, -0.25) is 4.90 Å². The maximum Gasteiger partial charge on any atom is 0.406 e. The summed E-state index contributed by atoms with van der Waals surface area (Å²) in [5.41, 5.74) is 0. The number of halogens is 3. The first-order chi connectivity index (χ1) is 4.52. The molecule has 1 aliphatic heterocycles. The predicted octanol–water partition coefficient (Wildman–Crippen LogP) is 0.837. The molecule has 1 aliphatic rings. The van der Waals surface area contributed by atoms with Crippen molar-refractivity contribution in [3.63, 3.8) is 0 Å². The van der Waals surface area contributed by atoms with Gasteiger partial charge in [-0.1, -0.05) is 0 Å². The fourth-order valence-electron chi connectivity index (χ4n) is 0.870. The van der Waals surface area contributed by atoms with Crippen LogP contribution in [-0.2, 0) is 4.74 Å². The molecule has 5 heteroatoms. The molecule has 0 aromatic rings. The zero-order valence-corrected chi connectivity index (χ0v) is 5.48. The van der Waals surface area contributed by atoms with E-state index in [4.69, 9.17) is 0 Å². The quantitative estimate of drug-likeness (QED) is 0.514. The molecular weight excluding hydrogens is 147 g/mol. The van der Waals surface area contributed by atoms with E-state index in [0.29, 0.717) is 0 Å². The molecule has 1 atom stereocenters. The van der Waals surface area contributed by atoms with Crippen molar-refractivity contribution in [1.29, 1.82) is 0 Å². The Morgan fingerprint density at radius 1 is 1.50 bits per heavy atom. The topological polar surface area (TPSA) is 12.5 Å². The Balaban J connectivity index is 2.55. The molecule has 0 aliphatic carbocycles. The monoisotopic (exact) mass is 155 g/mol. The molecule has 1 unspecified atom stereocenters. The number of nitrogens with zero attached hydrogens (tertiary/aromatic N) is 1. The van der Waals surface area contributed by atoms with Gasteiger partial charge in [0, 0.05) is 0 Å². The van der Waals surface area contributed by atoms with Gasteiger partial charge in [0.2, 0.25) is 0 Å². The van der Waals surface area contributed by atoms with Gasteiger partial charge in [-0.05, 0) is 7.05 Å². The van der Waals surface area contributed by atoms with Crippen LogP contribution in [0.2, 0.25) is 0 Å². The van der Waals surface area contributed by atoms with Gasteiger partial charge in [-0.25, -0.2) is 0 Å². The van der Waals surface area contributed by atoms with Crippen LogP contribution < -0.4 is 0 Å². The molecule has 2 nitrogen and oxygen atoms in total. The van der Waals surface area contributed by atoms with Crippen LogP contribution in [-0.4, -0.2) is 37.5 Å². The Kier molecular flexibility index (Phi) is 1.87. The highest BCUT2D eigenvalue weighted by atomic mass is 19.4. The van der Waals surface area contributed by atoms with Crippen molar-refractivity contribution in [2.24, 2.45) is 0 Å².